The molecular weight excluding hydrogens is 350 g/mol. The topological polar surface area (TPSA) is 89.3 Å². The number of hydrogen-bond donors (Lipinski definition) is 3. The van der Waals surface area contributed by atoms with Crippen LogP contribution in [0.25, 0.3) is 17.5 Å². The van der Waals surface area contributed by atoms with E-state index in [-0.39, 0.29) is 5.91 Å². The largest absolute Gasteiger partial charge is 0.398 e. The quantitative estimate of drug-likeness (QED) is 0.655. The van der Waals surface area contributed by atoms with Gasteiger partial charge < -0.3 is 26.3 Å². The van der Waals surface area contributed by atoms with E-state index in [9.17, 15) is 4.79 Å². The Bertz CT molecular complexity index is 1010. The van der Waals surface area contributed by atoms with E-state index < -0.39 is 0 Å². The molecule has 142 valence electrons. The van der Waals surface area contributed by atoms with Gasteiger partial charge in [-0.1, -0.05) is 30.3 Å². The fourth-order valence-electron chi connectivity index (χ4n) is 3.37. The van der Waals surface area contributed by atoms with Gasteiger partial charge in [0.1, 0.15) is 0 Å². The van der Waals surface area contributed by atoms with Crippen LogP contribution in [0.4, 0.5) is 11.4 Å². The molecule has 4 rings (SSSR count). The molecule has 1 saturated heterocycles. The Balaban J connectivity index is 1.65. The van der Waals surface area contributed by atoms with Gasteiger partial charge in [-0.2, -0.15) is 0 Å². The van der Waals surface area contributed by atoms with Crippen LogP contribution in [-0.4, -0.2) is 30.1 Å². The van der Waals surface area contributed by atoms with Crippen molar-refractivity contribution in [1.82, 2.24) is 9.88 Å². The molecule has 1 fully saturated rings. The summed E-state index contributed by atoms with van der Waals surface area (Å²) in [6, 6.07) is 19.6. The van der Waals surface area contributed by atoms with Crippen LogP contribution in [0.5, 0.6) is 0 Å². The first-order chi connectivity index (χ1) is 13.6. The Kier molecular flexibility index (Phi) is 4.87. The fourth-order valence-corrected chi connectivity index (χ4v) is 3.37. The Hall–Kier alpha value is -3.51. The summed E-state index contributed by atoms with van der Waals surface area (Å²) >= 11 is 0. The molecule has 0 unspecified atom stereocenters. The van der Waals surface area contributed by atoms with E-state index in [2.05, 4.69) is 5.32 Å². The zero-order chi connectivity index (χ0) is 19.5. The van der Waals surface area contributed by atoms with Gasteiger partial charge in [-0.05, 0) is 42.0 Å². The summed E-state index contributed by atoms with van der Waals surface area (Å²) in [6.45, 7) is 1.86. The standard InChI is InChI=1S/C22H23N5O/c23-19-10-12-26(21(19)14-20(24)16-4-2-1-3-5-16)17-6-8-18(9-7-17)27-13-11-25-15-22(27)28/h1-10,12,14,25H,11,13,15,23-24H2/b20-14-. The zero-order valence-corrected chi connectivity index (χ0v) is 15.5. The number of anilines is 2. The van der Waals surface area contributed by atoms with E-state index in [1.807, 2.05) is 77.5 Å². The summed E-state index contributed by atoms with van der Waals surface area (Å²) < 4.78 is 1.99. The van der Waals surface area contributed by atoms with Crippen LogP contribution in [0.2, 0.25) is 0 Å². The van der Waals surface area contributed by atoms with Crippen molar-refractivity contribution >= 4 is 29.1 Å². The lowest BCUT2D eigenvalue weighted by molar-refractivity contribution is -0.118. The number of nitrogen functional groups attached to an aromatic ring is 1. The molecule has 1 aliphatic rings. The highest BCUT2D eigenvalue weighted by molar-refractivity contribution is 5.95. The molecule has 5 N–H and O–H groups in total. The van der Waals surface area contributed by atoms with Crippen LogP contribution in [0.1, 0.15) is 11.3 Å². The molecule has 28 heavy (non-hydrogen) atoms. The van der Waals surface area contributed by atoms with Crippen molar-refractivity contribution in [3.63, 3.8) is 0 Å². The van der Waals surface area contributed by atoms with Crippen LogP contribution >= 0.6 is 0 Å². The van der Waals surface area contributed by atoms with Gasteiger partial charge in [0.2, 0.25) is 5.91 Å². The Morgan fingerprint density at radius 3 is 2.43 bits per heavy atom. The van der Waals surface area contributed by atoms with E-state index in [1.54, 1.807) is 4.90 Å². The number of nitrogens with one attached hydrogen (secondary N) is 1. The first-order valence-corrected chi connectivity index (χ1v) is 9.24. The molecule has 2 heterocycles. The zero-order valence-electron chi connectivity index (χ0n) is 15.5. The lowest BCUT2D eigenvalue weighted by Crippen LogP contribution is -2.48. The minimum atomic E-state index is 0.0865. The highest BCUT2D eigenvalue weighted by atomic mass is 16.2. The maximum absolute atomic E-state index is 12.1. The molecule has 1 aromatic heterocycles. The average Bonchev–Trinajstić information content (AvgIpc) is 3.09. The minimum Gasteiger partial charge on any atom is -0.398 e. The van der Waals surface area contributed by atoms with Gasteiger partial charge in [0.25, 0.3) is 0 Å². The van der Waals surface area contributed by atoms with Gasteiger partial charge in [-0.25, -0.2) is 0 Å². The van der Waals surface area contributed by atoms with Crippen molar-refractivity contribution in [2.24, 2.45) is 5.73 Å². The van der Waals surface area contributed by atoms with Crippen LogP contribution in [0.3, 0.4) is 0 Å². The smallest absolute Gasteiger partial charge is 0.240 e. The first kappa shape index (κ1) is 17.9. The van der Waals surface area contributed by atoms with Gasteiger partial charge in [-0.3, -0.25) is 4.79 Å². The maximum Gasteiger partial charge on any atom is 0.240 e. The molecule has 0 aliphatic carbocycles. The third-order valence-corrected chi connectivity index (χ3v) is 4.89. The number of piperazine rings is 1. The van der Waals surface area contributed by atoms with Crippen LogP contribution in [0.15, 0.2) is 66.9 Å². The fraction of sp³-hybridized carbons (Fsp3) is 0.136. The monoisotopic (exact) mass is 373 g/mol. The van der Waals surface area contributed by atoms with Crippen LogP contribution in [0, 0.1) is 0 Å². The summed E-state index contributed by atoms with van der Waals surface area (Å²) in [7, 11) is 0. The number of benzene rings is 2. The molecule has 1 aliphatic heterocycles. The molecule has 2 aromatic carbocycles. The minimum absolute atomic E-state index is 0.0865. The number of nitrogens with zero attached hydrogens (tertiary/aromatic N) is 2. The van der Waals surface area contributed by atoms with Crippen molar-refractivity contribution < 1.29 is 4.79 Å². The summed E-state index contributed by atoms with van der Waals surface area (Å²) in [6.07, 6.45) is 3.81. The second kappa shape index (κ2) is 7.62. The van der Waals surface area contributed by atoms with Gasteiger partial charge in [-0.15, -0.1) is 0 Å². The van der Waals surface area contributed by atoms with Crippen molar-refractivity contribution in [3.8, 4) is 5.69 Å². The Morgan fingerprint density at radius 2 is 1.71 bits per heavy atom. The van der Waals surface area contributed by atoms with E-state index in [0.717, 1.165) is 29.2 Å². The van der Waals surface area contributed by atoms with E-state index in [1.165, 1.54) is 0 Å². The van der Waals surface area contributed by atoms with Gasteiger partial charge in [0.15, 0.2) is 0 Å². The molecular formula is C22H23N5O. The van der Waals surface area contributed by atoms with E-state index in [4.69, 9.17) is 11.5 Å². The first-order valence-electron chi connectivity index (χ1n) is 9.24. The maximum atomic E-state index is 12.1. The molecule has 1 amide bonds. The number of amides is 1. The second-order valence-corrected chi connectivity index (χ2v) is 6.73. The van der Waals surface area contributed by atoms with Crippen molar-refractivity contribution in [1.29, 1.82) is 0 Å². The van der Waals surface area contributed by atoms with E-state index in [0.29, 0.717) is 24.5 Å². The molecule has 0 spiro atoms. The molecule has 0 saturated carbocycles. The number of carbonyl (C=O) groups excluding carboxylic acids is 1. The summed E-state index contributed by atoms with van der Waals surface area (Å²) in [4.78, 5) is 13.9. The van der Waals surface area contributed by atoms with E-state index >= 15 is 0 Å². The number of hydrogen-bond acceptors (Lipinski definition) is 4. The van der Waals surface area contributed by atoms with Crippen molar-refractivity contribution in [3.05, 3.63) is 78.1 Å². The molecule has 0 atom stereocenters. The van der Waals surface area contributed by atoms with Crippen LogP contribution < -0.4 is 21.7 Å². The average molecular weight is 373 g/mol. The SMILES string of the molecule is N/C(=C\c1c(N)ccn1-c1ccc(N2CCNCC2=O)cc1)c1ccccc1. The number of aromatic nitrogens is 1. The second-order valence-electron chi connectivity index (χ2n) is 6.73. The lowest BCUT2D eigenvalue weighted by Gasteiger charge is -2.27. The normalized spacial score (nSPS) is 15.1. The molecule has 0 radical (unpaired) electrons. The molecule has 3 aromatic rings. The molecule has 0 bridgehead atoms. The predicted octanol–water partition coefficient (Wildman–Crippen LogP) is 2.45. The third kappa shape index (κ3) is 3.50. The van der Waals surface area contributed by atoms with Crippen LogP contribution in [-0.2, 0) is 4.79 Å². The van der Waals surface area contributed by atoms with Crippen molar-refractivity contribution in [2.75, 3.05) is 30.3 Å². The summed E-state index contributed by atoms with van der Waals surface area (Å²) in [5, 5.41) is 3.09. The van der Waals surface area contributed by atoms with Gasteiger partial charge in [0, 0.05) is 36.4 Å². The predicted molar refractivity (Wildman–Crippen MR) is 114 cm³/mol. The highest BCUT2D eigenvalue weighted by Gasteiger charge is 2.19. The molecule has 6 nitrogen and oxygen atoms in total. The highest BCUT2D eigenvalue weighted by Crippen LogP contribution is 2.25. The summed E-state index contributed by atoms with van der Waals surface area (Å²) in [5.74, 6) is 0.0865. The summed E-state index contributed by atoms with van der Waals surface area (Å²) in [5.41, 5.74) is 17.4. The molecule has 6 heteroatoms. The lowest BCUT2D eigenvalue weighted by atomic mass is 10.1. The number of rotatable bonds is 4. The Labute approximate surface area is 164 Å². The number of nitrogens with two attached hydrogens (primary N) is 2. The van der Waals surface area contributed by atoms with Gasteiger partial charge in [0.05, 0.1) is 17.9 Å². The third-order valence-electron chi connectivity index (χ3n) is 4.89. The number of carbonyl (C=O) groups is 1. The van der Waals surface area contributed by atoms with Gasteiger partial charge >= 0.3 is 0 Å². The van der Waals surface area contributed by atoms with Crippen molar-refractivity contribution in [2.45, 2.75) is 0 Å². The Morgan fingerprint density at radius 1 is 1.00 bits per heavy atom.